The molecule has 0 saturated heterocycles. The number of carbonyl (C=O) groups excluding carboxylic acids is 2. The predicted molar refractivity (Wildman–Crippen MR) is 97.2 cm³/mol. The zero-order chi connectivity index (χ0) is 18.2. The van der Waals surface area contributed by atoms with Crippen LogP contribution in [0.3, 0.4) is 0 Å². The van der Waals surface area contributed by atoms with E-state index < -0.39 is 5.97 Å². The summed E-state index contributed by atoms with van der Waals surface area (Å²) in [7, 11) is 0. The molecule has 1 aromatic heterocycles. The Morgan fingerprint density at radius 2 is 1.84 bits per heavy atom. The maximum Gasteiger partial charge on any atom is 0.340 e. The third-order valence-electron chi connectivity index (χ3n) is 3.74. The van der Waals surface area contributed by atoms with Crippen LogP contribution in [0.1, 0.15) is 41.5 Å². The highest BCUT2D eigenvalue weighted by atomic mass is 16.5. The fraction of sp³-hybridized carbons (Fsp3) is 0.316. The van der Waals surface area contributed by atoms with E-state index in [0.29, 0.717) is 42.2 Å². The number of anilines is 2. The average Bonchev–Trinajstić information content (AvgIpc) is 2.63. The summed E-state index contributed by atoms with van der Waals surface area (Å²) < 4.78 is 5.07. The number of aromatic nitrogens is 1. The van der Waals surface area contributed by atoms with Crippen LogP contribution in [0, 0.1) is 0 Å². The van der Waals surface area contributed by atoms with Crippen molar-refractivity contribution in [2.75, 3.05) is 25.0 Å². The molecule has 25 heavy (non-hydrogen) atoms. The molecule has 0 fully saturated rings. The molecule has 6 heteroatoms. The Morgan fingerprint density at radius 3 is 2.52 bits per heavy atom. The number of ether oxygens (including phenoxy) is 1. The second kappa shape index (κ2) is 8.82. The highest BCUT2D eigenvalue weighted by Gasteiger charge is 2.15. The molecule has 2 rings (SSSR count). The zero-order valence-corrected chi connectivity index (χ0v) is 14.8. The molecule has 0 aliphatic heterocycles. The molecule has 0 aliphatic carbocycles. The lowest BCUT2D eigenvalue weighted by Crippen LogP contribution is -2.30. The van der Waals surface area contributed by atoms with Crippen LogP contribution in [-0.4, -0.2) is 41.5 Å². The smallest absolute Gasteiger partial charge is 0.340 e. The maximum atomic E-state index is 12.5. The number of benzene rings is 1. The van der Waals surface area contributed by atoms with Crippen LogP contribution in [0.15, 0.2) is 42.7 Å². The van der Waals surface area contributed by atoms with E-state index in [0.717, 1.165) is 0 Å². The van der Waals surface area contributed by atoms with Crippen LogP contribution < -0.4 is 5.32 Å². The Kier molecular flexibility index (Phi) is 6.51. The van der Waals surface area contributed by atoms with Crippen molar-refractivity contribution in [3.05, 3.63) is 53.9 Å². The van der Waals surface area contributed by atoms with Gasteiger partial charge in [-0.25, -0.2) is 4.79 Å². The molecule has 0 atom stereocenters. The first-order valence-electron chi connectivity index (χ1n) is 8.38. The number of nitrogens with zero attached hydrogens (tertiary/aromatic N) is 2. The van der Waals surface area contributed by atoms with Crippen molar-refractivity contribution in [1.29, 1.82) is 0 Å². The van der Waals surface area contributed by atoms with E-state index in [4.69, 9.17) is 4.74 Å². The van der Waals surface area contributed by atoms with Gasteiger partial charge >= 0.3 is 5.97 Å². The summed E-state index contributed by atoms with van der Waals surface area (Å²) in [5, 5.41) is 3.15. The Hall–Kier alpha value is -2.89. The fourth-order valence-corrected chi connectivity index (χ4v) is 2.45. The van der Waals surface area contributed by atoms with E-state index in [1.54, 1.807) is 48.5 Å². The highest BCUT2D eigenvalue weighted by Crippen LogP contribution is 2.22. The summed E-state index contributed by atoms with van der Waals surface area (Å²) in [5.41, 5.74) is 2.18. The SMILES string of the molecule is CCOC(=O)c1ccccc1Nc1cncc(C(=O)N(CC)CC)c1. The molecule has 0 radical (unpaired) electrons. The molecule has 132 valence electrons. The largest absolute Gasteiger partial charge is 0.462 e. The molecule has 0 saturated carbocycles. The molecule has 2 aromatic rings. The Bertz CT molecular complexity index is 742. The van der Waals surface area contributed by atoms with E-state index in [-0.39, 0.29) is 5.91 Å². The third kappa shape index (κ3) is 4.56. The summed E-state index contributed by atoms with van der Waals surface area (Å²) in [6.45, 7) is 7.22. The number of nitrogens with one attached hydrogen (secondary N) is 1. The Balaban J connectivity index is 2.26. The van der Waals surface area contributed by atoms with Gasteiger partial charge in [-0.3, -0.25) is 9.78 Å². The maximum absolute atomic E-state index is 12.5. The molecular formula is C19H23N3O3. The van der Waals surface area contributed by atoms with Crippen molar-refractivity contribution in [2.24, 2.45) is 0 Å². The molecule has 1 amide bonds. The van der Waals surface area contributed by atoms with E-state index in [1.807, 2.05) is 19.9 Å². The third-order valence-corrected chi connectivity index (χ3v) is 3.74. The van der Waals surface area contributed by atoms with E-state index in [1.165, 1.54) is 0 Å². The first kappa shape index (κ1) is 18.4. The van der Waals surface area contributed by atoms with Gasteiger partial charge in [-0.2, -0.15) is 0 Å². The van der Waals surface area contributed by atoms with Crippen molar-refractivity contribution >= 4 is 23.3 Å². The second-order valence-electron chi connectivity index (χ2n) is 5.33. The standard InChI is InChI=1S/C19H23N3O3/c1-4-22(5-2)18(23)14-11-15(13-20-12-14)21-17-10-8-7-9-16(17)19(24)25-6-3/h7-13,21H,4-6H2,1-3H3. The Morgan fingerprint density at radius 1 is 1.12 bits per heavy atom. The normalized spacial score (nSPS) is 10.2. The first-order valence-corrected chi connectivity index (χ1v) is 8.38. The quantitative estimate of drug-likeness (QED) is 0.781. The van der Waals surface area contributed by atoms with Crippen LogP contribution in [0.4, 0.5) is 11.4 Å². The minimum atomic E-state index is -0.395. The number of hydrogen-bond donors (Lipinski definition) is 1. The van der Waals surface area contributed by atoms with Crippen molar-refractivity contribution in [2.45, 2.75) is 20.8 Å². The topological polar surface area (TPSA) is 71.5 Å². The second-order valence-corrected chi connectivity index (χ2v) is 5.33. The van der Waals surface area contributed by atoms with Gasteiger partial charge in [0.15, 0.2) is 0 Å². The molecule has 1 heterocycles. The van der Waals surface area contributed by atoms with Crippen LogP contribution in [0.2, 0.25) is 0 Å². The van der Waals surface area contributed by atoms with Gasteiger partial charge in [0.05, 0.1) is 35.3 Å². The molecule has 0 aliphatic rings. The molecule has 1 aromatic carbocycles. The van der Waals surface area contributed by atoms with Crippen LogP contribution in [0.5, 0.6) is 0 Å². The lowest BCUT2D eigenvalue weighted by atomic mass is 10.1. The summed E-state index contributed by atoms with van der Waals surface area (Å²) in [5.74, 6) is -0.464. The summed E-state index contributed by atoms with van der Waals surface area (Å²) in [6, 6.07) is 8.80. The molecule has 0 bridgehead atoms. The van der Waals surface area contributed by atoms with Gasteiger partial charge < -0.3 is 15.0 Å². The number of pyridine rings is 1. The lowest BCUT2D eigenvalue weighted by molar-refractivity contribution is 0.0527. The Labute approximate surface area is 147 Å². The van der Waals surface area contributed by atoms with Gasteiger partial charge in [-0.05, 0) is 39.0 Å². The summed E-state index contributed by atoms with van der Waals surface area (Å²) >= 11 is 0. The number of rotatable bonds is 7. The van der Waals surface area contributed by atoms with Gasteiger partial charge in [0.25, 0.3) is 5.91 Å². The number of amides is 1. The number of para-hydroxylation sites is 1. The van der Waals surface area contributed by atoms with Gasteiger partial charge in [-0.15, -0.1) is 0 Å². The molecule has 1 N–H and O–H groups in total. The predicted octanol–water partition coefficient (Wildman–Crippen LogP) is 3.48. The van der Waals surface area contributed by atoms with Crippen molar-refractivity contribution < 1.29 is 14.3 Å². The first-order chi connectivity index (χ1) is 12.1. The lowest BCUT2D eigenvalue weighted by Gasteiger charge is -2.19. The summed E-state index contributed by atoms with van der Waals surface area (Å²) in [4.78, 5) is 30.4. The molecule has 6 nitrogen and oxygen atoms in total. The minimum Gasteiger partial charge on any atom is -0.462 e. The zero-order valence-electron chi connectivity index (χ0n) is 14.8. The van der Waals surface area contributed by atoms with E-state index in [9.17, 15) is 9.59 Å². The van der Waals surface area contributed by atoms with Crippen LogP contribution in [-0.2, 0) is 4.74 Å². The van der Waals surface area contributed by atoms with Crippen molar-refractivity contribution in [1.82, 2.24) is 9.88 Å². The number of carbonyl (C=O) groups is 2. The molecule has 0 unspecified atom stereocenters. The minimum absolute atomic E-state index is 0.0696. The number of hydrogen-bond acceptors (Lipinski definition) is 5. The van der Waals surface area contributed by atoms with Gasteiger partial charge in [0.1, 0.15) is 0 Å². The van der Waals surface area contributed by atoms with Gasteiger partial charge in [-0.1, -0.05) is 12.1 Å². The summed E-state index contributed by atoms with van der Waals surface area (Å²) in [6.07, 6.45) is 3.16. The van der Waals surface area contributed by atoms with E-state index >= 15 is 0 Å². The van der Waals surface area contributed by atoms with Gasteiger partial charge in [0, 0.05) is 19.3 Å². The molecule has 0 spiro atoms. The highest BCUT2D eigenvalue weighted by molar-refractivity contribution is 5.97. The van der Waals surface area contributed by atoms with Crippen LogP contribution in [0.25, 0.3) is 0 Å². The van der Waals surface area contributed by atoms with Gasteiger partial charge in [0.2, 0.25) is 0 Å². The average molecular weight is 341 g/mol. The molecular weight excluding hydrogens is 318 g/mol. The monoisotopic (exact) mass is 341 g/mol. The number of esters is 1. The van der Waals surface area contributed by atoms with Crippen molar-refractivity contribution in [3.63, 3.8) is 0 Å². The van der Waals surface area contributed by atoms with E-state index in [2.05, 4.69) is 10.3 Å². The fourth-order valence-electron chi connectivity index (χ4n) is 2.45. The van der Waals surface area contributed by atoms with Crippen molar-refractivity contribution in [3.8, 4) is 0 Å². The van der Waals surface area contributed by atoms with Crippen LogP contribution >= 0.6 is 0 Å².